The topological polar surface area (TPSA) is 81.6 Å². The minimum absolute atomic E-state index is 0.00160. The first kappa shape index (κ1) is 20.8. The van der Waals surface area contributed by atoms with Gasteiger partial charge in [0, 0.05) is 24.6 Å². The van der Waals surface area contributed by atoms with Crippen LogP contribution in [0.25, 0.3) is 11.3 Å². The zero-order chi connectivity index (χ0) is 22.1. The van der Waals surface area contributed by atoms with Crippen molar-refractivity contribution in [3.8, 4) is 11.3 Å². The Labute approximate surface area is 175 Å². The number of carbonyl (C=O) groups excluding carboxylic acids is 1. The molecule has 4 rings (SSSR count). The minimum Gasteiger partial charge on any atom is -0.396 e. The van der Waals surface area contributed by atoms with E-state index in [-0.39, 0.29) is 31.2 Å². The number of hydrogen-bond acceptors (Lipinski definition) is 5. The van der Waals surface area contributed by atoms with Crippen LogP contribution < -0.4 is 10.3 Å². The Bertz CT molecular complexity index is 1120. The molecule has 10 heteroatoms. The molecule has 2 N–H and O–H groups in total. The third-order valence-electron chi connectivity index (χ3n) is 4.87. The summed E-state index contributed by atoms with van der Waals surface area (Å²) in [6.45, 7) is -0.268. The number of fused-ring (bicyclic) bond motifs is 1. The molecule has 7 nitrogen and oxygen atoms in total. The number of carbonyl (C=O) groups is 1. The Hall–Kier alpha value is -3.50. The van der Waals surface area contributed by atoms with Crippen LogP contribution in [-0.4, -0.2) is 39.8 Å². The van der Waals surface area contributed by atoms with E-state index >= 15 is 0 Å². The molecule has 31 heavy (non-hydrogen) atoms. The van der Waals surface area contributed by atoms with Crippen LogP contribution in [0.5, 0.6) is 0 Å². The van der Waals surface area contributed by atoms with E-state index in [0.29, 0.717) is 16.8 Å². The molecule has 0 saturated carbocycles. The SMILES string of the molecule is CNN1Cc2c(-c3ccc(F)cc3)nc(CCO)nc2N(c2c(F)cccc2F)C1=O. The van der Waals surface area contributed by atoms with Crippen LogP contribution >= 0.6 is 0 Å². The first-order valence-corrected chi connectivity index (χ1v) is 9.44. The molecule has 2 amide bonds. The highest BCUT2D eigenvalue weighted by atomic mass is 19.1. The van der Waals surface area contributed by atoms with E-state index in [0.717, 1.165) is 22.0 Å². The van der Waals surface area contributed by atoms with Gasteiger partial charge in [0.05, 0.1) is 18.8 Å². The van der Waals surface area contributed by atoms with Crippen LogP contribution in [0.4, 0.5) is 29.5 Å². The van der Waals surface area contributed by atoms with Crippen LogP contribution in [0.1, 0.15) is 11.4 Å². The lowest BCUT2D eigenvalue weighted by Gasteiger charge is -2.36. The minimum atomic E-state index is -0.942. The molecule has 2 heterocycles. The third kappa shape index (κ3) is 3.71. The predicted molar refractivity (Wildman–Crippen MR) is 107 cm³/mol. The fourth-order valence-electron chi connectivity index (χ4n) is 3.42. The largest absolute Gasteiger partial charge is 0.396 e. The Morgan fingerprint density at radius 2 is 1.74 bits per heavy atom. The van der Waals surface area contributed by atoms with E-state index < -0.39 is 29.2 Å². The highest BCUT2D eigenvalue weighted by Crippen LogP contribution is 2.39. The van der Waals surface area contributed by atoms with Crippen molar-refractivity contribution < 1.29 is 23.1 Å². The fraction of sp³-hybridized carbons (Fsp3) is 0.190. The molecule has 0 atom stereocenters. The second-order valence-corrected chi connectivity index (χ2v) is 6.77. The van der Waals surface area contributed by atoms with Gasteiger partial charge in [-0.2, -0.15) is 0 Å². The number of anilines is 2. The normalized spacial score (nSPS) is 13.5. The summed E-state index contributed by atoms with van der Waals surface area (Å²) in [5.74, 6) is -2.15. The van der Waals surface area contributed by atoms with Crippen molar-refractivity contribution in [2.75, 3.05) is 18.6 Å². The lowest BCUT2D eigenvalue weighted by Crippen LogP contribution is -2.51. The number of aliphatic hydroxyl groups is 1. The van der Waals surface area contributed by atoms with E-state index in [9.17, 15) is 23.1 Å². The van der Waals surface area contributed by atoms with Gasteiger partial charge in [-0.25, -0.2) is 38.3 Å². The zero-order valence-corrected chi connectivity index (χ0v) is 16.4. The number of hydrogen-bond donors (Lipinski definition) is 2. The first-order valence-electron chi connectivity index (χ1n) is 9.44. The van der Waals surface area contributed by atoms with Gasteiger partial charge in [-0.3, -0.25) is 5.01 Å². The van der Waals surface area contributed by atoms with Gasteiger partial charge in [-0.1, -0.05) is 6.07 Å². The smallest absolute Gasteiger partial charge is 0.345 e. The second-order valence-electron chi connectivity index (χ2n) is 6.77. The second kappa shape index (κ2) is 8.32. The first-order chi connectivity index (χ1) is 14.9. The maximum absolute atomic E-state index is 14.7. The van der Waals surface area contributed by atoms with Crippen LogP contribution in [0, 0.1) is 17.5 Å². The summed E-state index contributed by atoms with van der Waals surface area (Å²) in [6.07, 6.45) is 0.0546. The molecule has 1 aliphatic heterocycles. The summed E-state index contributed by atoms with van der Waals surface area (Å²) in [5.41, 5.74) is 3.42. The fourth-order valence-corrected chi connectivity index (χ4v) is 3.42. The Morgan fingerprint density at radius 3 is 2.35 bits per heavy atom. The maximum atomic E-state index is 14.7. The van der Waals surface area contributed by atoms with Gasteiger partial charge in [-0.05, 0) is 36.4 Å². The number of nitrogens with one attached hydrogen (secondary N) is 1. The molecular formula is C21H18F3N5O2. The van der Waals surface area contributed by atoms with E-state index in [1.54, 1.807) is 0 Å². The van der Waals surface area contributed by atoms with Crippen molar-refractivity contribution in [2.45, 2.75) is 13.0 Å². The van der Waals surface area contributed by atoms with Gasteiger partial charge < -0.3 is 5.11 Å². The molecule has 0 fully saturated rings. The summed E-state index contributed by atoms with van der Waals surface area (Å²) >= 11 is 0. The number of nitrogens with zero attached hydrogens (tertiary/aromatic N) is 4. The number of hydrazine groups is 1. The predicted octanol–water partition coefficient (Wildman–Crippen LogP) is 3.30. The number of urea groups is 1. The number of para-hydroxylation sites is 1. The van der Waals surface area contributed by atoms with E-state index in [4.69, 9.17) is 0 Å². The Morgan fingerprint density at radius 1 is 1.06 bits per heavy atom. The van der Waals surface area contributed by atoms with Crippen LogP contribution in [0.2, 0.25) is 0 Å². The van der Waals surface area contributed by atoms with Crippen molar-refractivity contribution in [3.05, 3.63) is 71.3 Å². The number of halogens is 3. The van der Waals surface area contributed by atoms with Gasteiger partial charge in [0.2, 0.25) is 0 Å². The Kier molecular flexibility index (Phi) is 5.57. The molecule has 1 aliphatic rings. The molecule has 0 radical (unpaired) electrons. The standard InChI is InChI=1S/C21H18F3N5O2/c1-25-28-11-14-18(12-5-7-13(22)8-6-12)26-17(9-10-30)27-20(14)29(21(28)31)19-15(23)3-2-4-16(19)24/h2-8,25,30H,9-11H2,1H3. The number of aliphatic hydroxyl groups excluding tert-OH is 1. The molecule has 3 aromatic rings. The molecule has 0 saturated heterocycles. The highest BCUT2D eigenvalue weighted by Gasteiger charge is 2.37. The number of benzene rings is 2. The molecular weight excluding hydrogens is 411 g/mol. The summed E-state index contributed by atoms with van der Waals surface area (Å²) in [5, 5.41) is 10.5. The van der Waals surface area contributed by atoms with Crippen LogP contribution in [0.15, 0.2) is 42.5 Å². The number of aromatic nitrogens is 2. The third-order valence-corrected chi connectivity index (χ3v) is 4.87. The summed E-state index contributed by atoms with van der Waals surface area (Å²) in [6, 6.07) is 8.07. The summed E-state index contributed by atoms with van der Waals surface area (Å²) < 4.78 is 42.8. The van der Waals surface area contributed by atoms with Crippen LogP contribution in [0.3, 0.4) is 0 Å². The van der Waals surface area contributed by atoms with E-state index in [1.165, 1.54) is 37.4 Å². The quantitative estimate of drug-likeness (QED) is 0.651. The van der Waals surface area contributed by atoms with Crippen molar-refractivity contribution in [3.63, 3.8) is 0 Å². The van der Waals surface area contributed by atoms with Gasteiger partial charge in [-0.15, -0.1) is 0 Å². The molecule has 160 valence electrons. The zero-order valence-electron chi connectivity index (χ0n) is 16.4. The average molecular weight is 429 g/mol. The Balaban J connectivity index is 2.01. The molecule has 0 spiro atoms. The van der Waals surface area contributed by atoms with Crippen molar-refractivity contribution >= 4 is 17.5 Å². The van der Waals surface area contributed by atoms with Gasteiger partial charge in [0.25, 0.3) is 0 Å². The monoisotopic (exact) mass is 429 g/mol. The number of rotatable bonds is 5. The maximum Gasteiger partial charge on any atom is 0.345 e. The molecule has 0 unspecified atom stereocenters. The van der Waals surface area contributed by atoms with E-state index in [2.05, 4.69) is 15.4 Å². The molecule has 0 bridgehead atoms. The molecule has 0 aliphatic carbocycles. The lowest BCUT2D eigenvalue weighted by molar-refractivity contribution is 0.178. The summed E-state index contributed by atoms with van der Waals surface area (Å²) in [7, 11) is 1.50. The number of amides is 2. The van der Waals surface area contributed by atoms with Crippen LogP contribution in [-0.2, 0) is 13.0 Å². The lowest BCUT2D eigenvalue weighted by atomic mass is 10.0. The van der Waals surface area contributed by atoms with Crippen molar-refractivity contribution in [1.29, 1.82) is 0 Å². The van der Waals surface area contributed by atoms with Crippen molar-refractivity contribution in [2.24, 2.45) is 0 Å². The highest BCUT2D eigenvalue weighted by molar-refractivity contribution is 6.01. The van der Waals surface area contributed by atoms with Gasteiger partial charge >= 0.3 is 6.03 Å². The van der Waals surface area contributed by atoms with Gasteiger partial charge in [0.15, 0.2) is 5.82 Å². The van der Waals surface area contributed by atoms with Gasteiger partial charge in [0.1, 0.15) is 29.0 Å². The van der Waals surface area contributed by atoms with E-state index in [1.807, 2.05) is 0 Å². The van der Waals surface area contributed by atoms with Crippen molar-refractivity contribution in [1.82, 2.24) is 20.4 Å². The molecule has 2 aromatic carbocycles. The molecule has 1 aromatic heterocycles. The summed E-state index contributed by atoms with van der Waals surface area (Å²) in [4.78, 5) is 22.7. The average Bonchev–Trinajstić information content (AvgIpc) is 2.75.